The lowest BCUT2D eigenvalue weighted by Gasteiger charge is -2.00. The Kier molecular flexibility index (Phi) is 9.37. The fourth-order valence-electron chi connectivity index (χ4n) is 2.89. The van der Waals surface area contributed by atoms with Gasteiger partial charge in [0.2, 0.25) is 0 Å². The van der Waals surface area contributed by atoms with Gasteiger partial charge in [0.1, 0.15) is 11.5 Å². The van der Waals surface area contributed by atoms with E-state index >= 15 is 0 Å². The molecule has 0 saturated carbocycles. The fraction of sp³-hybridized carbons (Fsp3) is 0.250. The van der Waals surface area contributed by atoms with Crippen LogP contribution in [0.25, 0.3) is 33.4 Å². The van der Waals surface area contributed by atoms with Crippen LogP contribution in [0.4, 0.5) is 4.39 Å². The van der Waals surface area contributed by atoms with Crippen molar-refractivity contribution in [1.29, 1.82) is 0 Å². The van der Waals surface area contributed by atoms with Crippen LogP contribution >= 0.6 is 11.3 Å². The maximum atomic E-state index is 13.1. The minimum atomic E-state index is -0.258. The van der Waals surface area contributed by atoms with Crippen molar-refractivity contribution >= 4 is 28.3 Å². The summed E-state index contributed by atoms with van der Waals surface area (Å²) in [6, 6.07) is 12.3. The molecule has 0 atom stereocenters. The Balaban J connectivity index is 0.000000807. The van der Waals surface area contributed by atoms with Crippen molar-refractivity contribution in [2.75, 3.05) is 13.7 Å². The summed E-state index contributed by atoms with van der Waals surface area (Å²) in [5.41, 5.74) is 4.49. The highest BCUT2D eigenvalue weighted by Gasteiger charge is 2.11. The van der Waals surface area contributed by atoms with Crippen molar-refractivity contribution in [3.05, 3.63) is 64.7 Å². The SMILES string of the molecule is CC.CCCNC(=O)c1cc(-c2cnc3[nH]c(-c4ccc(F)cc4)cc3c2)cs1.CO. The van der Waals surface area contributed by atoms with Crippen molar-refractivity contribution in [2.45, 2.75) is 27.2 Å². The Morgan fingerprint density at radius 1 is 1.10 bits per heavy atom. The van der Waals surface area contributed by atoms with Crippen LogP contribution in [0.5, 0.6) is 0 Å². The molecule has 3 aromatic heterocycles. The topological polar surface area (TPSA) is 78.0 Å². The molecule has 4 rings (SSSR count). The number of nitrogens with zero attached hydrogens (tertiary/aromatic N) is 1. The largest absolute Gasteiger partial charge is 0.400 e. The molecule has 0 aliphatic carbocycles. The first-order chi connectivity index (χ1) is 15.1. The molecule has 0 fully saturated rings. The first-order valence-electron chi connectivity index (χ1n) is 10.2. The Morgan fingerprint density at radius 3 is 2.48 bits per heavy atom. The standard InChI is InChI=1S/C21H18FN3OS.C2H6.CH4O/c1-2-7-23-21(26)19-10-16(12-27-19)15-8-14-9-18(25-20(14)24-11-15)13-3-5-17(22)6-4-13;2*1-2/h3-6,8-12H,2,7H2,1H3,(H,23,26)(H,24,25);1-2H3;2H,1H3. The minimum Gasteiger partial charge on any atom is -0.400 e. The third kappa shape index (κ3) is 5.99. The van der Waals surface area contributed by atoms with Gasteiger partial charge in [-0.05, 0) is 65.4 Å². The maximum Gasteiger partial charge on any atom is 0.261 e. The van der Waals surface area contributed by atoms with E-state index in [9.17, 15) is 9.18 Å². The highest BCUT2D eigenvalue weighted by atomic mass is 32.1. The van der Waals surface area contributed by atoms with Gasteiger partial charge in [0.25, 0.3) is 5.91 Å². The van der Waals surface area contributed by atoms with E-state index in [0.29, 0.717) is 11.4 Å². The fourth-order valence-corrected chi connectivity index (χ4v) is 3.72. The number of hydrogen-bond acceptors (Lipinski definition) is 4. The molecule has 0 saturated heterocycles. The summed E-state index contributed by atoms with van der Waals surface area (Å²) in [7, 11) is 1.00. The van der Waals surface area contributed by atoms with E-state index in [1.807, 2.05) is 44.4 Å². The molecule has 3 N–H and O–H groups in total. The predicted octanol–water partition coefficient (Wildman–Crippen LogP) is 5.87. The molecule has 1 aromatic carbocycles. The first kappa shape index (κ1) is 24.2. The number of fused-ring (bicyclic) bond motifs is 1. The number of aliphatic hydroxyl groups is 1. The molecule has 7 heteroatoms. The van der Waals surface area contributed by atoms with Crippen LogP contribution in [0, 0.1) is 5.82 Å². The summed E-state index contributed by atoms with van der Waals surface area (Å²) in [5, 5.41) is 12.8. The van der Waals surface area contributed by atoms with Gasteiger partial charge in [-0.3, -0.25) is 4.79 Å². The Hall–Kier alpha value is -3.03. The van der Waals surface area contributed by atoms with E-state index in [4.69, 9.17) is 5.11 Å². The maximum absolute atomic E-state index is 13.1. The summed E-state index contributed by atoms with van der Waals surface area (Å²) in [4.78, 5) is 20.6. The lowest BCUT2D eigenvalue weighted by atomic mass is 10.1. The van der Waals surface area contributed by atoms with Crippen LogP contribution in [-0.2, 0) is 0 Å². The van der Waals surface area contributed by atoms with Gasteiger partial charge < -0.3 is 15.4 Å². The molecular formula is C24H28FN3O2S. The van der Waals surface area contributed by atoms with Crippen molar-refractivity contribution < 1.29 is 14.3 Å². The first-order valence-corrected chi connectivity index (χ1v) is 11.1. The average molecular weight is 442 g/mol. The number of aromatic amines is 1. The van der Waals surface area contributed by atoms with Gasteiger partial charge >= 0.3 is 0 Å². The number of rotatable bonds is 5. The number of H-pyrrole nitrogens is 1. The van der Waals surface area contributed by atoms with Crippen molar-refractivity contribution in [3.8, 4) is 22.4 Å². The highest BCUT2D eigenvalue weighted by Crippen LogP contribution is 2.29. The summed E-state index contributed by atoms with van der Waals surface area (Å²) < 4.78 is 13.1. The van der Waals surface area contributed by atoms with Crippen LogP contribution in [-0.4, -0.2) is 34.6 Å². The number of benzene rings is 1. The van der Waals surface area contributed by atoms with Crippen LogP contribution in [0.3, 0.4) is 0 Å². The van der Waals surface area contributed by atoms with Crippen molar-refractivity contribution in [3.63, 3.8) is 0 Å². The highest BCUT2D eigenvalue weighted by molar-refractivity contribution is 7.12. The molecule has 0 aliphatic heterocycles. The van der Waals surface area contributed by atoms with Crippen LogP contribution < -0.4 is 5.32 Å². The van der Waals surface area contributed by atoms with Crippen molar-refractivity contribution in [1.82, 2.24) is 15.3 Å². The van der Waals surface area contributed by atoms with Gasteiger partial charge in [-0.25, -0.2) is 9.37 Å². The van der Waals surface area contributed by atoms with Gasteiger partial charge in [-0.15, -0.1) is 11.3 Å². The summed E-state index contributed by atoms with van der Waals surface area (Å²) >= 11 is 1.43. The van der Waals surface area contributed by atoms with Crippen LogP contribution in [0.2, 0.25) is 0 Å². The quantitative estimate of drug-likeness (QED) is 0.362. The summed E-state index contributed by atoms with van der Waals surface area (Å²) in [5.74, 6) is -0.297. The second-order valence-electron chi connectivity index (χ2n) is 6.31. The zero-order valence-electron chi connectivity index (χ0n) is 18.2. The second kappa shape index (κ2) is 12.0. The van der Waals surface area contributed by atoms with Crippen LogP contribution in [0.1, 0.15) is 36.9 Å². The number of halogens is 1. The predicted molar refractivity (Wildman–Crippen MR) is 127 cm³/mol. The zero-order valence-corrected chi connectivity index (χ0v) is 19.0. The number of aromatic nitrogens is 2. The van der Waals surface area contributed by atoms with Gasteiger partial charge in [-0.1, -0.05) is 20.8 Å². The zero-order chi connectivity index (χ0) is 22.8. The number of amides is 1. The van der Waals surface area contributed by atoms with Gasteiger partial charge in [-0.2, -0.15) is 0 Å². The number of pyridine rings is 1. The molecule has 0 bridgehead atoms. The molecule has 4 aromatic rings. The second-order valence-corrected chi connectivity index (χ2v) is 7.22. The molecule has 164 valence electrons. The number of aliphatic hydroxyl groups excluding tert-OH is 1. The summed E-state index contributed by atoms with van der Waals surface area (Å²) in [6.45, 7) is 6.70. The minimum absolute atomic E-state index is 0.0395. The third-order valence-electron chi connectivity index (χ3n) is 4.32. The van der Waals surface area contributed by atoms with Gasteiger partial charge in [0.15, 0.2) is 0 Å². The molecule has 31 heavy (non-hydrogen) atoms. The van der Waals surface area contributed by atoms with E-state index in [1.54, 1.807) is 18.3 Å². The molecule has 0 aliphatic rings. The van der Waals surface area contributed by atoms with Crippen molar-refractivity contribution in [2.24, 2.45) is 0 Å². The molecule has 1 amide bonds. The Morgan fingerprint density at radius 2 is 1.81 bits per heavy atom. The normalized spacial score (nSPS) is 10.0. The molecule has 0 spiro atoms. The van der Waals surface area contributed by atoms with E-state index in [0.717, 1.165) is 46.9 Å². The average Bonchev–Trinajstić information content (AvgIpc) is 3.47. The number of carbonyl (C=O) groups is 1. The molecule has 0 unspecified atom stereocenters. The number of hydrogen-bond donors (Lipinski definition) is 3. The van der Waals surface area contributed by atoms with E-state index < -0.39 is 0 Å². The molecule has 5 nitrogen and oxygen atoms in total. The molecule has 3 heterocycles. The third-order valence-corrected chi connectivity index (χ3v) is 5.25. The van der Waals surface area contributed by atoms with E-state index in [2.05, 4.69) is 15.3 Å². The van der Waals surface area contributed by atoms with Crippen LogP contribution in [0.15, 0.2) is 54.0 Å². The van der Waals surface area contributed by atoms with E-state index in [1.165, 1.54) is 23.5 Å². The lowest BCUT2D eigenvalue weighted by molar-refractivity contribution is 0.0957. The number of thiophene rings is 1. The summed E-state index contributed by atoms with van der Waals surface area (Å²) in [6.07, 6.45) is 2.71. The van der Waals surface area contributed by atoms with Gasteiger partial charge in [0, 0.05) is 36.5 Å². The number of nitrogens with one attached hydrogen (secondary N) is 2. The smallest absolute Gasteiger partial charge is 0.261 e. The van der Waals surface area contributed by atoms with Gasteiger partial charge in [0.05, 0.1) is 4.88 Å². The monoisotopic (exact) mass is 441 g/mol. The lowest BCUT2D eigenvalue weighted by Crippen LogP contribution is -2.22. The Labute approximate surface area is 186 Å². The molecular weight excluding hydrogens is 413 g/mol. The molecule has 0 radical (unpaired) electrons. The van der Waals surface area contributed by atoms with E-state index in [-0.39, 0.29) is 11.7 Å². The Bertz CT molecular complexity index is 1100. The number of carbonyl (C=O) groups excluding carboxylic acids is 1.